The van der Waals surface area contributed by atoms with Gasteiger partial charge in [0.2, 0.25) is 0 Å². The van der Waals surface area contributed by atoms with Crippen LogP contribution >= 0.6 is 15.9 Å². The molecule has 1 nitrogen and oxygen atoms in total. The van der Waals surface area contributed by atoms with Crippen molar-refractivity contribution in [3.8, 4) is 0 Å². The molecule has 0 heterocycles. The Balaban J connectivity index is 2.19. The highest BCUT2D eigenvalue weighted by Crippen LogP contribution is 2.47. The van der Waals surface area contributed by atoms with Gasteiger partial charge < -0.3 is 5.73 Å². The lowest BCUT2D eigenvalue weighted by atomic mass is 10.1. The van der Waals surface area contributed by atoms with Gasteiger partial charge in [-0.2, -0.15) is 0 Å². The van der Waals surface area contributed by atoms with E-state index in [0.717, 1.165) is 18.4 Å². The van der Waals surface area contributed by atoms with E-state index in [1.807, 2.05) is 0 Å². The first-order valence-electron chi connectivity index (χ1n) is 4.68. The van der Waals surface area contributed by atoms with E-state index in [4.69, 9.17) is 5.73 Å². The van der Waals surface area contributed by atoms with E-state index in [0.29, 0.717) is 0 Å². The van der Waals surface area contributed by atoms with Gasteiger partial charge in [-0.15, -0.1) is 0 Å². The van der Waals surface area contributed by atoms with Crippen molar-refractivity contribution in [2.45, 2.75) is 19.3 Å². The van der Waals surface area contributed by atoms with Crippen LogP contribution in [0, 0.1) is 12.8 Å². The summed E-state index contributed by atoms with van der Waals surface area (Å²) in [5.74, 6) is 1.47. The molecule has 13 heavy (non-hydrogen) atoms. The van der Waals surface area contributed by atoms with Crippen molar-refractivity contribution in [2.24, 2.45) is 11.7 Å². The van der Waals surface area contributed by atoms with Crippen molar-refractivity contribution < 1.29 is 0 Å². The van der Waals surface area contributed by atoms with Gasteiger partial charge in [-0.05, 0) is 48.9 Å². The van der Waals surface area contributed by atoms with Crippen molar-refractivity contribution in [3.05, 3.63) is 33.8 Å². The Morgan fingerprint density at radius 2 is 2.31 bits per heavy atom. The van der Waals surface area contributed by atoms with Gasteiger partial charge in [-0.3, -0.25) is 0 Å². The minimum atomic E-state index is 0.733. The Bertz CT molecular complexity index is 322. The van der Waals surface area contributed by atoms with Gasteiger partial charge in [0, 0.05) is 4.47 Å². The summed E-state index contributed by atoms with van der Waals surface area (Å²) in [6.07, 6.45) is 1.28. The highest BCUT2D eigenvalue weighted by Gasteiger charge is 2.36. The summed E-state index contributed by atoms with van der Waals surface area (Å²) >= 11 is 3.51. The van der Waals surface area contributed by atoms with E-state index in [1.54, 1.807) is 0 Å². The number of benzene rings is 1. The lowest BCUT2D eigenvalue weighted by Crippen LogP contribution is -2.01. The fourth-order valence-electron chi connectivity index (χ4n) is 1.81. The highest BCUT2D eigenvalue weighted by atomic mass is 79.9. The van der Waals surface area contributed by atoms with Crippen molar-refractivity contribution in [1.82, 2.24) is 0 Å². The molecule has 0 amide bonds. The van der Waals surface area contributed by atoms with Gasteiger partial charge in [0.05, 0.1) is 0 Å². The number of aryl methyl sites for hydroxylation is 1. The molecule has 1 fully saturated rings. The zero-order chi connectivity index (χ0) is 9.42. The topological polar surface area (TPSA) is 26.0 Å². The second-order valence-electron chi connectivity index (χ2n) is 3.85. The zero-order valence-electron chi connectivity index (χ0n) is 7.76. The SMILES string of the molecule is Cc1cc(C2CC2CN)ccc1Br. The second-order valence-corrected chi connectivity index (χ2v) is 4.70. The third-order valence-corrected chi connectivity index (χ3v) is 3.73. The van der Waals surface area contributed by atoms with E-state index >= 15 is 0 Å². The number of rotatable bonds is 2. The van der Waals surface area contributed by atoms with E-state index < -0.39 is 0 Å². The van der Waals surface area contributed by atoms with Crippen LogP contribution in [0.1, 0.15) is 23.5 Å². The molecule has 1 aliphatic carbocycles. The minimum absolute atomic E-state index is 0.733. The normalized spacial score (nSPS) is 26.1. The van der Waals surface area contributed by atoms with Gasteiger partial charge in [-0.25, -0.2) is 0 Å². The van der Waals surface area contributed by atoms with E-state index in [-0.39, 0.29) is 0 Å². The van der Waals surface area contributed by atoms with Gasteiger partial charge in [0.15, 0.2) is 0 Å². The number of nitrogens with two attached hydrogens (primary N) is 1. The van der Waals surface area contributed by atoms with Crippen LogP contribution in [0.15, 0.2) is 22.7 Å². The largest absolute Gasteiger partial charge is 0.330 e. The Morgan fingerprint density at radius 3 is 2.85 bits per heavy atom. The summed E-state index contributed by atoms with van der Waals surface area (Å²) in [5, 5.41) is 0. The molecular weight excluding hydrogens is 226 g/mol. The van der Waals surface area contributed by atoms with Crippen molar-refractivity contribution >= 4 is 15.9 Å². The van der Waals surface area contributed by atoms with Crippen LogP contribution in [-0.2, 0) is 0 Å². The third kappa shape index (κ3) is 1.79. The first-order valence-corrected chi connectivity index (χ1v) is 5.48. The molecule has 2 rings (SSSR count). The lowest BCUT2D eigenvalue weighted by Gasteiger charge is -2.02. The molecule has 0 bridgehead atoms. The predicted octanol–water partition coefficient (Wildman–Crippen LogP) is 2.82. The molecule has 2 unspecified atom stereocenters. The van der Waals surface area contributed by atoms with Crippen molar-refractivity contribution in [3.63, 3.8) is 0 Å². The molecule has 1 saturated carbocycles. The summed E-state index contributed by atoms with van der Waals surface area (Å²) in [5.41, 5.74) is 8.39. The van der Waals surface area contributed by atoms with Crippen molar-refractivity contribution in [2.75, 3.05) is 6.54 Å². The number of hydrogen-bond donors (Lipinski definition) is 1. The molecule has 0 spiro atoms. The van der Waals surface area contributed by atoms with E-state index in [2.05, 4.69) is 41.1 Å². The van der Waals surface area contributed by atoms with Crippen LogP contribution in [0.2, 0.25) is 0 Å². The van der Waals surface area contributed by atoms with E-state index in [9.17, 15) is 0 Å². The van der Waals surface area contributed by atoms with E-state index in [1.165, 1.54) is 22.0 Å². The number of hydrogen-bond acceptors (Lipinski definition) is 1. The summed E-state index contributed by atoms with van der Waals surface area (Å²) in [7, 11) is 0. The lowest BCUT2D eigenvalue weighted by molar-refractivity contribution is 0.809. The zero-order valence-corrected chi connectivity index (χ0v) is 9.34. The predicted molar refractivity (Wildman–Crippen MR) is 58.8 cm³/mol. The van der Waals surface area contributed by atoms with Crippen LogP contribution in [0.5, 0.6) is 0 Å². The first-order chi connectivity index (χ1) is 6.22. The number of halogens is 1. The highest BCUT2D eigenvalue weighted by molar-refractivity contribution is 9.10. The first kappa shape index (κ1) is 9.22. The summed E-state index contributed by atoms with van der Waals surface area (Å²) in [4.78, 5) is 0. The molecule has 2 heteroatoms. The van der Waals surface area contributed by atoms with Gasteiger partial charge in [-0.1, -0.05) is 28.1 Å². The third-order valence-electron chi connectivity index (χ3n) is 2.84. The Labute approximate surface area is 87.5 Å². The molecule has 0 aromatic heterocycles. The molecule has 2 atom stereocenters. The van der Waals surface area contributed by atoms with Crippen LogP contribution in [0.3, 0.4) is 0 Å². The Morgan fingerprint density at radius 1 is 1.54 bits per heavy atom. The summed E-state index contributed by atoms with van der Waals surface area (Å²) < 4.78 is 1.20. The van der Waals surface area contributed by atoms with Gasteiger partial charge >= 0.3 is 0 Å². The fourth-order valence-corrected chi connectivity index (χ4v) is 2.06. The molecule has 1 aromatic carbocycles. The van der Waals surface area contributed by atoms with Crippen LogP contribution in [-0.4, -0.2) is 6.54 Å². The van der Waals surface area contributed by atoms with Crippen molar-refractivity contribution in [1.29, 1.82) is 0 Å². The van der Waals surface area contributed by atoms with Crippen LogP contribution in [0.25, 0.3) is 0 Å². The van der Waals surface area contributed by atoms with Crippen LogP contribution < -0.4 is 5.73 Å². The average Bonchev–Trinajstić information content (AvgIpc) is 2.88. The van der Waals surface area contributed by atoms with Gasteiger partial charge in [0.1, 0.15) is 0 Å². The molecule has 2 N–H and O–H groups in total. The van der Waals surface area contributed by atoms with Crippen LogP contribution in [0.4, 0.5) is 0 Å². The second kappa shape index (κ2) is 3.43. The summed E-state index contributed by atoms with van der Waals surface area (Å²) in [6.45, 7) is 2.97. The standard InChI is InChI=1S/C11H14BrN/c1-7-4-8(2-3-11(7)12)10-5-9(10)6-13/h2-4,9-10H,5-6,13H2,1H3. The molecule has 0 saturated heterocycles. The van der Waals surface area contributed by atoms with Gasteiger partial charge in [0.25, 0.3) is 0 Å². The molecule has 0 radical (unpaired) electrons. The fraction of sp³-hybridized carbons (Fsp3) is 0.455. The summed E-state index contributed by atoms with van der Waals surface area (Å²) in [6, 6.07) is 6.61. The Kier molecular flexibility index (Phi) is 2.43. The maximum Gasteiger partial charge on any atom is 0.0204 e. The Hall–Kier alpha value is -0.340. The molecule has 1 aromatic rings. The molecular formula is C11H14BrN. The smallest absolute Gasteiger partial charge is 0.0204 e. The maximum atomic E-state index is 5.62. The maximum absolute atomic E-state index is 5.62. The average molecular weight is 240 g/mol. The molecule has 70 valence electrons. The minimum Gasteiger partial charge on any atom is -0.330 e. The molecule has 1 aliphatic rings. The monoisotopic (exact) mass is 239 g/mol. The molecule has 0 aliphatic heterocycles. The quantitative estimate of drug-likeness (QED) is 0.845.